The average Bonchev–Trinajstić information content (AvgIpc) is 2.47. The van der Waals surface area contributed by atoms with Crippen molar-refractivity contribution in [3.63, 3.8) is 0 Å². The zero-order chi connectivity index (χ0) is 9.42. The van der Waals surface area contributed by atoms with Gasteiger partial charge in [-0.3, -0.25) is 10.1 Å². The zero-order valence-corrected chi connectivity index (χ0v) is 6.30. The van der Waals surface area contributed by atoms with Crippen LogP contribution in [0.25, 0.3) is 11.0 Å². The topological polar surface area (TPSA) is 89.4 Å². The van der Waals surface area contributed by atoms with Crippen LogP contribution in [0.5, 0.6) is 5.88 Å². The molecular formula is C7H4N2O4. The van der Waals surface area contributed by atoms with Crippen LogP contribution in [0.15, 0.2) is 22.7 Å². The van der Waals surface area contributed by atoms with Gasteiger partial charge in [0.05, 0.1) is 10.3 Å². The Labute approximate surface area is 71.5 Å². The first-order chi connectivity index (χ1) is 6.18. The van der Waals surface area contributed by atoms with Crippen molar-refractivity contribution in [1.29, 1.82) is 0 Å². The number of rotatable bonds is 1. The van der Waals surface area contributed by atoms with Gasteiger partial charge in [-0.15, -0.1) is 0 Å². The maximum Gasteiger partial charge on any atom is 0.270 e. The summed E-state index contributed by atoms with van der Waals surface area (Å²) in [7, 11) is 0. The Morgan fingerprint density at radius 2 is 2.31 bits per heavy atom. The minimum Gasteiger partial charge on any atom is -0.491 e. The van der Waals surface area contributed by atoms with Crippen LogP contribution in [0, 0.1) is 10.1 Å². The average molecular weight is 180 g/mol. The van der Waals surface area contributed by atoms with Gasteiger partial charge in [0.2, 0.25) is 0 Å². The molecule has 1 heterocycles. The molecule has 1 aromatic heterocycles. The molecule has 0 bridgehead atoms. The predicted molar refractivity (Wildman–Crippen MR) is 42.3 cm³/mol. The monoisotopic (exact) mass is 180 g/mol. The molecule has 0 saturated heterocycles. The van der Waals surface area contributed by atoms with E-state index >= 15 is 0 Å². The van der Waals surface area contributed by atoms with Crippen molar-refractivity contribution >= 4 is 16.7 Å². The summed E-state index contributed by atoms with van der Waals surface area (Å²) >= 11 is 0. The van der Waals surface area contributed by atoms with E-state index in [1.165, 1.54) is 18.2 Å². The number of benzene rings is 1. The fourth-order valence-corrected chi connectivity index (χ4v) is 1.03. The van der Waals surface area contributed by atoms with Gasteiger partial charge < -0.3 is 9.63 Å². The van der Waals surface area contributed by atoms with Gasteiger partial charge in [-0.2, -0.15) is 0 Å². The zero-order valence-electron chi connectivity index (χ0n) is 6.30. The largest absolute Gasteiger partial charge is 0.491 e. The van der Waals surface area contributed by atoms with Crippen LogP contribution < -0.4 is 0 Å². The number of hydrogen-bond acceptors (Lipinski definition) is 5. The van der Waals surface area contributed by atoms with Crippen molar-refractivity contribution in [2.45, 2.75) is 0 Å². The summed E-state index contributed by atoms with van der Waals surface area (Å²) in [6.07, 6.45) is 0. The van der Waals surface area contributed by atoms with Crippen LogP contribution in [0.2, 0.25) is 0 Å². The second-order valence-electron chi connectivity index (χ2n) is 2.44. The molecule has 0 unspecified atom stereocenters. The molecule has 0 fully saturated rings. The highest BCUT2D eigenvalue weighted by molar-refractivity contribution is 5.83. The molecule has 6 nitrogen and oxygen atoms in total. The van der Waals surface area contributed by atoms with Crippen molar-refractivity contribution in [3.8, 4) is 5.88 Å². The summed E-state index contributed by atoms with van der Waals surface area (Å²) in [5.41, 5.74) is 0.217. The first-order valence-electron chi connectivity index (χ1n) is 3.41. The van der Waals surface area contributed by atoms with Gasteiger partial charge in [0, 0.05) is 12.1 Å². The molecule has 2 rings (SSSR count). The second kappa shape index (κ2) is 2.44. The van der Waals surface area contributed by atoms with Crippen LogP contribution in [0.4, 0.5) is 5.69 Å². The maximum atomic E-state index is 10.4. The SMILES string of the molecule is O=[N+]([O-])c1ccc2onc(O)c2c1. The van der Waals surface area contributed by atoms with Crippen LogP contribution in [0.1, 0.15) is 0 Å². The molecule has 0 saturated carbocycles. The van der Waals surface area contributed by atoms with Gasteiger partial charge in [-0.1, -0.05) is 0 Å². The normalized spacial score (nSPS) is 10.5. The third kappa shape index (κ3) is 1.08. The molecule has 1 aromatic carbocycles. The molecule has 6 heteroatoms. The first-order valence-corrected chi connectivity index (χ1v) is 3.41. The molecule has 0 radical (unpaired) electrons. The van der Waals surface area contributed by atoms with E-state index in [-0.39, 0.29) is 17.0 Å². The molecule has 2 aromatic rings. The summed E-state index contributed by atoms with van der Waals surface area (Å²) in [5, 5.41) is 22.9. The van der Waals surface area contributed by atoms with Crippen molar-refractivity contribution in [2.24, 2.45) is 0 Å². The Morgan fingerprint density at radius 3 is 3.00 bits per heavy atom. The first kappa shape index (κ1) is 7.53. The molecule has 0 aliphatic rings. The maximum absolute atomic E-state index is 10.4. The van der Waals surface area contributed by atoms with Gasteiger partial charge in [0.25, 0.3) is 11.6 Å². The molecule has 0 aliphatic carbocycles. The van der Waals surface area contributed by atoms with Crippen molar-refractivity contribution in [2.75, 3.05) is 0 Å². The highest BCUT2D eigenvalue weighted by Gasteiger charge is 2.12. The molecule has 0 spiro atoms. The standard InChI is InChI=1S/C7H4N2O4/c10-7-5-3-4(9(11)12)1-2-6(5)13-8-7/h1-3H,(H,8,10). The smallest absolute Gasteiger partial charge is 0.270 e. The molecule has 0 amide bonds. The van der Waals surface area contributed by atoms with Crippen molar-refractivity contribution in [1.82, 2.24) is 5.16 Å². The fourth-order valence-electron chi connectivity index (χ4n) is 1.03. The van der Waals surface area contributed by atoms with E-state index in [1.54, 1.807) is 0 Å². The number of nitrogens with zero attached hydrogens (tertiary/aromatic N) is 2. The fraction of sp³-hybridized carbons (Fsp3) is 0. The molecule has 1 N–H and O–H groups in total. The number of nitro groups is 1. The van der Waals surface area contributed by atoms with E-state index in [1.807, 2.05) is 0 Å². The third-order valence-electron chi connectivity index (χ3n) is 1.65. The Kier molecular flexibility index (Phi) is 1.42. The van der Waals surface area contributed by atoms with E-state index in [2.05, 4.69) is 9.68 Å². The lowest BCUT2D eigenvalue weighted by Crippen LogP contribution is -1.85. The molecule has 66 valence electrons. The lowest BCUT2D eigenvalue weighted by molar-refractivity contribution is -0.384. The Balaban J connectivity index is 2.72. The quantitative estimate of drug-likeness (QED) is 0.529. The lowest BCUT2D eigenvalue weighted by Gasteiger charge is -1.89. The number of aromatic hydroxyl groups is 1. The molecular weight excluding hydrogens is 176 g/mol. The number of non-ortho nitro benzene ring substituents is 1. The highest BCUT2D eigenvalue weighted by atomic mass is 16.6. The van der Waals surface area contributed by atoms with E-state index in [0.717, 1.165) is 0 Å². The summed E-state index contributed by atoms with van der Waals surface area (Å²) in [6.45, 7) is 0. The van der Waals surface area contributed by atoms with Gasteiger partial charge >= 0.3 is 0 Å². The summed E-state index contributed by atoms with van der Waals surface area (Å²) < 4.78 is 4.66. The van der Waals surface area contributed by atoms with E-state index in [4.69, 9.17) is 5.11 Å². The van der Waals surface area contributed by atoms with E-state index < -0.39 is 4.92 Å². The van der Waals surface area contributed by atoms with E-state index in [9.17, 15) is 10.1 Å². The number of hydrogen-bond donors (Lipinski definition) is 1. The summed E-state index contributed by atoms with van der Waals surface area (Å²) in [5.74, 6) is -0.335. The minimum absolute atomic E-state index is 0.106. The number of nitro benzene ring substituents is 1. The molecule has 0 atom stereocenters. The highest BCUT2D eigenvalue weighted by Crippen LogP contribution is 2.27. The van der Waals surface area contributed by atoms with E-state index in [0.29, 0.717) is 5.58 Å². The van der Waals surface area contributed by atoms with Crippen molar-refractivity contribution < 1.29 is 14.6 Å². The van der Waals surface area contributed by atoms with Gasteiger partial charge in [-0.25, -0.2) is 0 Å². The lowest BCUT2D eigenvalue weighted by atomic mass is 10.2. The van der Waals surface area contributed by atoms with Gasteiger partial charge in [0.15, 0.2) is 5.58 Å². The Morgan fingerprint density at radius 1 is 1.54 bits per heavy atom. The number of aromatic nitrogens is 1. The van der Waals surface area contributed by atoms with Crippen LogP contribution in [-0.4, -0.2) is 15.2 Å². The Bertz CT molecular complexity index is 476. The predicted octanol–water partition coefficient (Wildman–Crippen LogP) is 1.44. The minimum atomic E-state index is -0.550. The summed E-state index contributed by atoms with van der Waals surface area (Å²) in [4.78, 5) is 9.80. The molecule has 13 heavy (non-hydrogen) atoms. The van der Waals surface area contributed by atoms with Crippen LogP contribution in [-0.2, 0) is 0 Å². The van der Waals surface area contributed by atoms with Crippen LogP contribution >= 0.6 is 0 Å². The van der Waals surface area contributed by atoms with Gasteiger partial charge in [-0.05, 0) is 11.2 Å². The second-order valence-corrected chi connectivity index (χ2v) is 2.44. The Hall–Kier alpha value is -2.11. The van der Waals surface area contributed by atoms with Crippen LogP contribution in [0.3, 0.4) is 0 Å². The van der Waals surface area contributed by atoms with Gasteiger partial charge in [0.1, 0.15) is 0 Å². The third-order valence-corrected chi connectivity index (χ3v) is 1.65. The molecule has 0 aliphatic heterocycles. The summed E-state index contributed by atoms with van der Waals surface area (Å²) in [6, 6.07) is 3.88. The number of fused-ring (bicyclic) bond motifs is 1. The van der Waals surface area contributed by atoms with Crippen molar-refractivity contribution in [3.05, 3.63) is 28.3 Å².